The van der Waals surface area contributed by atoms with Crippen LogP contribution in [0.2, 0.25) is 0 Å². The Morgan fingerprint density at radius 1 is 1.64 bits per heavy atom. The zero-order valence-electron chi connectivity index (χ0n) is 5.65. The largest absolute Gasteiger partial charge is 0.322 e. The van der Waals surface area contributed by atoms with E-state index in [0.717, 1.165) is 4.31 Å². The lowest BCUT2D eigenvalue weighted by Crippen LogP contribution is -2.34. The smallest absolute Gasteiger partial charge is 0.294 e. The summed E-state index contributed by atoms with van der Waals surface area (Å²) in [6, 6.07) is 0. The van der Waals surface area contributed by atoms with E-state index in [1.807, 2.05) is 4.72 Å². The number of hydrogen-bond acceptors (Lipinski definition) is 4. The van der Waals surface area contributed by atoms with Crippen LogP contribution in [0.15, 0.2) is 12.7 Å². The Morgan fingerprint density at radius 2 is 2.18 bits per heavy atom. The summed E-state index contributed by atoms with van der Waals surface area (Å²) in [5.41, 5.74) is 0. The van der Waals surface area contributed by atoms with E-state index in [2.05, 4.69) is 32.2 Å². The predicted molar refractivity (Wildman–Crippen MR) is 48.0 cm³/mol. The molecular weight excluding hydrogens is 184 g/mol. The monoisotopic (exact) mass is 192 g/mol. The molecule has 0 aliphatic carbocycles. The molecule has 0 saturated carbocycles. The Kier molecular flexibility index (Phi) is 4.80. The maximum atomic E-state index is 10.8. The number of amides is 2. The molecule has 0 aliphatic heterocycles. The number of carbonyl (C=O) groups excluding carboxylic acids is 2. The van der Waals surface area contributed by atoms with Crippen molar-refractivity contribution in [3.8, 4) is 0 Å². The van der Waals surface area contributed by atoms with Crippen LogP contribution in [0.1, 0.15) is 0 Å². The molecule has 2 amide bonds. The highest BCUT2D eigenvalue weighted by atomic mass is 32.1. The topological polar surface area (TPSA) is 49.4 Å². The summed E-state index contributed by atoms with van der Waals surface area (Å²) in [5, 5.41) is 0. The van der Waals surface area contributed by atoms with E-state index in [1.165, 1.54) is 6.08 Å². The van der Waals surface area contributed by atoms with Crippen LogP contribution in [0.25, 0.3) is 0 Å². The summed E-state index contributed by atoms with van der Waals surface area (Å²) in [6.45, 7) is 3.59. The van der Waals surface area contributed by atoms with Crippen molar-refractivity contribution in [2.45, 2.75) is 0 Å². The molecule has 0 aromatic carbocycles. The normalized spacial score (nSPS) is 8.55. The van der Waals surface area contributed by atoms with Crippen molar-refractivity contribution in [3.63, 3.8) is 0 Å². The molecule has 6 heteroatoms. The molecule has 0 unspecified atom stereocenters. The molecule has 0 aromatic heterocycles. The van der Waals surface area contributed by atoms with E-state index in [0.29, 0.717) is 0 Å². The van der Waals surface area contributed by atoms with E-state index in [-0.39, 0.29) is 6.54 Å². The molecule has 62 valence electrons. The molecule has 0 aliphatic rings. The first-order valence-corrected chi connectivity index (χ1v) is 3.54. The quantitative estimate of drug-likeness (QED) is 0.322. The van der Waals surface area contributed by atoms with Crippen molar-refractivity contribution in [1.82, 2.24) is 9.03 Å². The highest BCUT2D eigenvalue weighted by Crippen LogP contribution is 1.94. The van der Waals surface area contributed by atoms with E-state index in [9.17, 15) is 9.59 Å². The van der Waals surface area contributed by atoms with E-state index < -0.39 is 11.8 Å². The first kappa shape index (κ1) is 10.4. The molecule has 0 bridgehead atoms. The van der Waals surface area contributed by atoms with E-state index in [1.54, 1.807) is 0 Å². The fourth-order valence-corrected chi connectivity index (χ4v) is 0.672. The van der Waals surface area contributed by atoms with Gasteiger partial charge < -0.3 is 0 Å². The van der Waals surface area contributed by atoms with Crippen LogP contribution in [0.3, 0.4) is 0 Å². The van der Waals surface area contributed by atoms with Gasteiger partial charge in [-0.2, -0.15) is 0 Å². The van der Waals surface area contributed by atoms with Gasteiger partial charge in [0.2, 0.25) is 0 Å². The molecule has 0 saturated heterocycles. The van der Waals surface area contributed by atoms with Gasteiger partial charge in [0.1, 0.15) is 0 Å². The second kappa shape index (κ2) is 5.09. The summed E-state index contributed by atoms with van der Waals surface area (Å²) in [5.74, 6) is -1.58. The first-order valence-electron chi connectivity index (χ1n) is 2.69. The second-order valence-electron chi connectivity index (χ2n) is 1.62. The zero-order valence-corrected chi connectivity index (χ0v) is 7.44. The van der Waals surface area contributed by atoms with Gasteiger partial charge in [-0.3, -0.25) is 18.6 Å². The predicted octanol–water partition coefficient (Wildman–Crippen LogP) is -0.193. The van der Waals surface area contributed by atoms with Gasteiger partial charge in [-0.15, -0.1) is 6.58 Å². The van der Waals surface area contributed by atoms with Crippen molar-refractivity contribution < 1.29 is 9.59 Å². The van der Waals surface area contributed by atoms with Crippen molar-refractivity contribution >= 4 is 37.4 Å². The van der Waals surface area contributed by atoms with Crippen molar-refractivity contribution in [2.75, 3.05) is 6.54 Å². The minimum absolute atomic E-state index is 0.211. The minimum atomic E-state index is -0.815. The maximum Gasteiger partial charge on any atom is 0.322 e. The van der Waals surface area contributed by atoms with Crippen LogP contribution in [0.4, 0.5) is 0 Å². The lowest BCUT2D eigenvalue weighted by molar-refractivity contribution is -0.141. The number of rotatable bonds is 2. The molecule has 11 heavy (non-hydrogen) atoms. The average molecular weight is 192 g/mol. The highest BCUT2D eigenvalue weighted by molar-refractivity contribution is 7.79. The third-order valence-electron chi connectivity index (χ3n) is 0.832. The molecule has 4 nitrogen and oxygen atoms in total. The molecule has 0 aromatic rings. The Balaban J connectivity index is 4.01. The molecule has 0 spiro atoms. The van der Waals surface area contributed by atoms with Crippen molar-refractivity contribution in [2.24, 2.45) is 0 Å². The van der Waals surface area contributed by atoms with Crippen LogP contribution in [0, 0.1) is 0 Å². The molecule has 0 radical (unpaired) electrons. The standard InChI is InChI=1S/C5H8N2O2S2/c1-2-3-7(11)5(9)4(8)6-10/h2,10-11H,1,3H2,(H,6,8). The number of nitrogens with zero attached hydrogens (tertiary/aromatic N) is 1. The number of carbonyl (C=O) groups is 2. The Morgan fingerprint density at radius 3 is 2.55 bits per heavy atom. The summed E-state index contributed by atoms with van der Waals surface area (Å²) >= 11 is 7.13. The van der Waals surface area contributed by atoms with Crippen LogP contribution < -0.4 is 4.72 Å². The van der Waals surface area contributed by atoms with Gasteiger partial charge >= 0.3 is 11.8 Å². The van der Waals surface area contributed by atoms with Gasteiger partial charge in [0, 0.05) is 0 Å². The van der Waals surface area contributed by atoms with Crippen molar-refractivity contribution in [1.29, 1.82) is 0 Å². The highest BCUT2D eigenvalue weighted by Gasteiger charge is 2.16. The van der Waals surface area contributed by atoms with Gasteiger partial charge in [-0.25, -0.2) is 0 Å². The zero-order chi connectivity index (χ0) is 8.85. The lowest BCUT2D eigenvalue weighted by atomic mass is 10.5. The third kappa shape index (κ3) is 3.33. The molecule has 0 fully saturated rings. The van der Waals surface area contributed by atoms with E-state index in [4.69, 9.17) is 0 Å². The molecule has 0 rings (SSSR count). The second-order valence-corrected chi connectivity index (χ2v) is 2.32. The maximum absolute atomic E-state index is 10.8. The first-order chi connectivity index (χ1) is 5.13. The minimum Gasteiger partial charge on any atom is -0.294 e. The molecule has 1 N–H and O–H groups in total. The van der Waals surface area contributed by atoms with Crippen molar-refractivity contribution in [3.05, 3.63) is 12.7 Å². The summed E-state index contributed by atoms with van der Waals surface area (Å²) in [4.78, 5) is 21.4. The third-order valence-corrected chi connectivity index (χ3v) is 1.38. The number of nitrogens with one attached hydrogen (secondary N) is 1. The molecular formula is C5H8N2O2S2. The van der Waals surface area contributed by atoms with Crippen LogP contribution in [0.5, 0.6) is 0 Å². The fraction of sp³-hybridized carbons (Fsp3) is 0.200. The summed E-state index contributed by atoms with van der Waals surface area (Å²) < 4.78 is 2.81. The van der Waals surface area contributed by atoms with Crippen LogP contribution in [-0.4, -0.2) is 22.7 Å². The number of thiol groups is 2. The SMILES string of the molecule is C=CCN(S)C(=O)C(=O)NS. The average Bonchev–Trinajstić information content (AvgIpc) is 2.02. The fourth-order valence-electron chi connectivity index (χ4n) is 0.370. The van der Waals surface area contributed by atoms with Gasteiger partial charge in [-0.1, -0.05) is 31.7 Å². The Bertz CT molecular complexity index is 183. The van der Waals surface area contributed by atoms with E-state index >= 15 is 0 Å². The Hall–Kier alpha value is -0.620. The number of hydrogen-bond donors (Lipinski definition) is 3. The van der Waals surface area contributed by atoms with Crippen LogP contribution in [-0.2, 0) is 9.59 Å². The summed E-state index contributed by atoms with van der Waals surface area (Å²) in [7, 11) is 0. The lowest BCUT2D eigenvalue weighted by Gasteiger charge is -2.10. The molecule has 0 heterocycles. The van der Waals surface area contributed by atoms with Gasteiger partial charge in [-0.05, 0) is 0 Å². The van der Waals surface area contributed by atoms with Crippen LogP contribution >= 0.6 is 25.6 Å². The molecule has 0 atom stereocenters. The van der Waals surface area contributed by atoms with Gasteiger partial charge in [0.25, 0.3) is 0 Å². The Labute approximate surface area is 75.7 Å². The van der Waals surface area contributed by atoms with Gasteiger partial charge in [0.15, 0.2) is 0 Å². The van der Waals surface area contributed by atoms with Gasteiger partial charge in [0.05, 0.1) is 6.54 Å². The summed E-state index contributed by atoms with van der Waals surface area (Å²) in [6.07, 6.45) is 1.46.